The molecule has 1 N–H and O–H groups in total. The molecule has 0 amide bonds. The van der Waals surface area contributed by atoms with E-state index in [4.69, 9.17) is 0 Å². The highest BCUT2D eigenvalue weighted by molar-refractivity contribution is 5.27. The monoisotopic (exact) mass is 237 g/mol. The maximum Gasteiger partial charge on any atom is 0.123 e. The minimum absolute atomic E-state index is 0.123. The van der Waals surface area contributed by atoms with Crippen LogP contribution in [0.5, 0.6) is 0 Å². The molecule has 1 rings (SSSR count). The van der Waals surface area contributed by atoms with Gasteiger partial charge in [0.1, 0.15) is 5.82 Å². The largest absolute Gasteiger partial charge is 0.316 e. The molecule has 17 heavy (non-hydrogen) atoms. The Bertz CT molecular complexity index is 336. The molecule has 0 spiro atoms. The highest BCUT2D eigenvalue weighted by Gasteiger charge is 2.09. The zero-order valence-electron chi connectivity index (χ0n) is 11.2. The summed E-state index contributed by atoms with van der Waals surface area (Å²) < 4.78 is 13.2. The van der Waals surface area contributed by atoms with Crippen molar-refractivity contribution in [3.05, 3.63) is 35.1 Å². The van der Waals surface area contributed by atoms with Crippen molar-refractivity contribution in [2.45, 2.75) is 40.0 Å². The zero-order chi connectivity index (χ0) is 12.7. The Balaban J connectivity index is 2.57. The molecule has 2 heteroatoms. The Morgan fingerprint density at radius 3 is 2.71 bits per heavy atom. The van der Waals surface area contributed by atoms with Crippen LogP contribution in [-0.2, 0) is 6.42 Å². The second-order valence-corrected chi connectivity index (χ2v) is 4.75. The first-order valence-electron chi connectivity index (χ1n) is 6.63. The Kier molecular flexibility index (Phi) is 6.20. The number of nitrogens with one attached hydrogen (secondary N) is 1. The topological polar surface area (TPSA) is 12.0 Å². The Labute approximate surface area is 104 Å². The van der Waals surface area contributed by atoms with Crippen LogP contribution >= 0.6 is 0 Å². The fraction of sp³-hybridized carbons (Fsp3) is 0.600. The fourth-order valence-corrected chi connectivity index (χ4v) is 2.01. The Morgan fingerprint density at radius 1 is 1.29 bits per heavy atom. The van der Waals surface area contributed by atoms with Crippen molar-refractivity contribution >= 4 is 0 Å². The molecule has 0 bridgehead atoms. The van der Waals surface area contributed by atoms with Crippen LogP contribution in [0, 0.1) is 18.7 Å². The predicted octanol–water partition coefficient (Wildman–Crippen LogP) is 3.70. The average molecular weight is 237 g/mol. The lowest BCUT2D eigenvalue weighted by molar-refractivity contribution is 0.458. The van der Waals surface area contributed by atoms with E-state index in [1.807, 2.05) is 6.07 Å². The summed E-state index contributed by atoms with van der Waals surface area (Å²) in [6.07, 6.45) is 3.26. The van der Waals surface area contributed by atoms with E-state index < -0.39 is 0 Å². The van der Waals surface area contributed by atoms with Crippen LogP contribution in [0.15, 0.2) is 18.2 Å². The highest BCUT2D eigenvalue weighted by Crippen LogP contribution is 2.16. The second-order valence-electron chi connectivity index (χ2n) is 4.75. The maximum absolute atomic E-state index is 13.2. The van der Waals surface area contributed by atoms with Crippen LogP contribution in [0.25, 0.3) is 0 Å². The van der Waals surface area contributed by atoms with E-state index in [0.717, 1.165) is 37.9 Å². The summed E-state index contributed by atoms with van der Waals surface area (Å²) in [5.41, 5.74) is 2.34. The fourth-order valence-electron chi connectivity index (χ4n) is 2.01. The summed E-state index contributed by atoms with van der Waals surface area (Å²) in [4.78, 5) is 0. The average Bonchev–Trinajstić information content (AvgIpc) is 2.32. The van der Waals surface area contributed by atoms with Crippen molar-refractivity contribution < 1.29 is 4.39 Å². The summed E-state index contributed by atoms with van der Waals surface area (Å²) >= 11 is 0. The van der Waals surface area contributed by atoms with Crippen molar-refractivity contribution in [2.75, 3.05) is 13.1 Å². The summed E-state index contributed by atoms with van der Waals surface area (Å²) in [6.45, 7) is 8.53. The normalized spacial score (nSPS) is 12.7. The Hall–Kier alpha value is -0.890. The van der Waals surface area contributed by atoms with Gasteiger partial charge in [-0.1, -0.05) is 26.3 Å². The molecule has 0 aromatic heterocycles. The number of rotatable bonds is 7. The molecule has 0 heterocycles. The second kappa shape index (κ2) is 7.44. The number of hydrogen-bond donors (Lipinski definition) is 1. The van der Waals surface area contributed by atoms with Crippen LogP contribution < -0.4 is 5.32 Å². The lowest BCUT2D eigenvalue weighted by Crippen LogP contribution is -2.24. The molecule has 0 fully saturated rings. The van der Waals surface area contributed by atoms with E-state index in [1.54, 1.807) is 6.07 Å². The van der Waals surface area contributed by atoms with Crippen LogP contribution in [-0.4, -0.2) is 13.1 Å². The molecular formula is C15H24FN. The minimum atomic E-state index is -0.123. The van der Waals surface area contributed by atoms with Crippen LogP contribution in [0.4, 0.5) is 4.39 Å². The van der Waals surface area contributed by atoms with Crippen molar-refractivity contribution in [2.24, 2.45) is 5.92 Å². The lowest BCUT2D eigenvalue weighted by atomic mass is 9.94. The van der Waals surface area contributed by atoms with Crippen LogP contribution in [0.3, 0.4) is 0 Å². The van der Waals surface area contributed by atoms with Gasteiger partial charge < -0.3 is 5.32 Å². The molecule has 1 unspecified atom stereocenters. The van der Waals surface area contributed by atoms with Crippen LogP contribution in [0.1, 0.15) is 37.8 Å². The van der Waals surface area contributed by atoms with E-state index in [2.05, 4.69) is 26.1 Å². The van der Waals surface area contributed by atoms with Gasteiger partial charge in [-0.15, -0.1) is 0 Å². The Morgan fingerprint density at radius 2 is 2.06 bits per heavy atom. The van der Waals surface area contributed by atoms with Gasteiger partial charge in [0.15, 0.2) is 0 Å². The first kappa shape index (κ1) is 14.2. The SMILES string of the molecule is CCCNCC(CC)Cc1cc(F)ccc1C. The summed E-state index contributed by atoms with van der Waals surface area (Å²) in [5.74, 6) is 0.476. The van der Waals surface area contributed by atoms with E-state index in [9.17, 15) is 4.39 Å². The third kappa shape index (κ3) is 4.86. The van der Waals surface area contributed by atoms with Gasteiger partial charge in [0.2, 0.25) is 0 Å². The first-order valence-corrected chi connectivity index (χ1v) is 6.63. The standard InChI is InChI=1S/C15H24FN/c1-4-8-17-11-13(5-2)9-14-10-15(16)7-6-12(14)3/h6-7,10,13,17H,4-5,8-9,11H2,1-3H3. The molecule has 0 aliphatic rings. The van der Waals surface area contributed by atoms with Gasteiger partial charge in [0.05, 0.1) is 0 Å². The summed E-state index contributed by atoms with van der Waals surface area (Å²) in [5, 5.41) is 3.45. The first-order chi connectivity index (χ1) is 8.17. The molecule has 0 radical (unpaired) electrons. The highest BCUT2D eigenvalue weighted by atomic mass is 19.1. The van der Waals surface area contributed by atoms with Gasteiger partial charge in [-0.05, 0) is 62.0 Å². The van der Waals surface area contributed by atoms with Gasteiger partial charge >= 0.3 is 0 Å². The molecular weight excluding hydrogens is 213 g/mol. The predicted molar refractivity (Wildman–Crippen MR) is 71.8 cm³/mol. The number of benzene rings is 1. The van der Waals surface area contributed by atoms with Gasteiger partial charge in [-0.3, -0.25) is 0 Å². The van der Waals surface area contributed by atoms with Crippen LogP contribution in [0.2, 0.25) is 0 Å². The van der Waals surface area contributed by atoms with Crippen molar-refractivity contribution in [1.29, 1.82) is 0 Å². The number of aryl methyl sites for hydroxylation is 1. The minimum Gasteiger partial charge on any atom is -0.316 e. The molecule has 0 aliphatic carbocycles. The quantitative estimate of drug-likeness (QED) is 0.713. The molecule has 0 saturated carbocycles. The zero-order valence-corrected chi connectivity index (χ0v) is 11.2. The number of hydrogen-bond acceptors (Lipinski definition) is 1. The molecule has 1 atom stereocenters. The van der Waals surface area contributed by atoms with Gasteiger partial charge in [0.25, 0.3) is 0 Å². The maximum atomic E-state index is 13.2. The summed E-state index contributed by atoms with van der Waals surface area (Å²) in [6, 6.07) is 5.09. The molecule has 1 aromatic rings. The van der Waals surface area contributed by atoms with Gasteiger partial charge in [0, 0.05) is 0 Å². The number of halogens is 1. The summed E-state index contributed by atoms with van der Waals surface area (Å²) in [7, 11) is 0. The smallest absolute Gasteiger partial charge is 0.123 e. The molecule has 0 aliphatic heterocycles. The van der Waals surface area contributed by atoms with Crippen molar-refractivity contribution in [1.82, 2.24) is 5.32 Å². The van der Waals surface area contributed by atoms with Gasteiger partial charge in [-0.2, -0.15) is 0 Å². The van der Waals surface area contributed by atoms with E-state index in [-0.39, 0.29) is 5.82 Å². The third-order valence-electron chi connectivity index (χ3n) is 3.26. The third-order valence-corrected chi connectivity index (χ3v) is 3.26. The lowest BCUT2D eigenvalue weighted by Gasteiger charge is -2.17. The van der Waals surface area contributed by atoms with E-state index in [0.29, 0.717) is 5.92 Å². The van der Waals surface area contributed by atoms with Crippen molar-refractivity contribution in [3.8, 4) is 0 Å². The van der Waals surface area contributed by atoms with E-state index >= 15 is 0 Å². The molecule has 96 valence electrons. The van der Waals surface area contributed by atoms with E-state index in [1.165, 1.54) is 11.6 Å². The van der Waals surface area contributed by atoms with Crippen molar-refractivity contribution in [3.63, 3.8) is 0 Å². The molecule has 0 saturated heterocycles. The van der Waals surface area contributed by atoms with Gasteiger partial charge in [-0.25, -0.2) is 4.39 Å². The molecule has 1 aromatic carbocycles. The molecule has 1 nitrogen and oxygen atoms in total.